The molecule has 0 heterocycles. The van der Waals surface area contributed by atoms with Crippen LogP contribution < -0.4 is 14.2 Å². The SMILES string of the molecule is C=C(Oc1ccc(/C=C/C(=O)CC(=O)/C=C/c2ccc(O)c(OC)c2)cc1OC)C(C)C. The molecule has 0 aliphatic rings. The molecule has 2 rings (SSSR count). The minimum absolute atomic E-state index is 0.0115. The van der Waals surface area contributed by atoms with Gasteiger partial charge in [-0.15, -0.1) is 0 Å². The lowest BCUT2D eigenvalue weighted by atomic mass is 10.1. The number of carbonyl (C=O) groups is 2. The van der Waals surface area contributed by atoms with Crippen LogP contribution >= 0.6 is 0 Å². The van der Waals surface area contributed by atoms with E-state index in [1.807, 2.05) is 13.8 Å². The Balaban J connectivity index is 1.99. The molecule has 1 N–H and O–H groups in total. The molecule has 0 saturated heterocycles. The first-order chi connectivity index (χ1) is 15.2. The van der Waals surface area contributed by atoms with Crippen molar-refractivity contribution in [2.45, 2.75) is 20.3 Å². The van der Waals surface area contributed by atoms with E-state index in [-0.39, 0.29) is 29.7 Å². The third-order valence-corrected chi connectivity index (χ3v) is 4.55. The number of benzene rings is 2. The van der Waals surface area contributed by atoms with E-state index in [2.05, 4.69) is 6.58 Å². The number of ketones is 2. The molecule has 0 aromatic heterocycles. The molecule has 0 aliphatic heterocycles. The molecule has 0 spiro atoms. The zero-order chi connectivity index (χ0) is 23.7. The summed E-state index contributed by atoms with van der Waals surface area (Å²) in [5.41, 5.74) is 1.41. The van der Waals surface area contributed by atoms with E-state index in [0.717, 1.165) is 5.56 Å². The summed E-state index contributed by atoms with van der Waals surface area (Å²) in [5, 5.41) is 9.61. The van der Waals surface area contributed by atoms with Crippen molar-refractivity contribution in [3.05, 3.63) is 72.0 Å². The van der Waals surface area contributed by atoms with Gasteiger partial charge in [-0.1, -0.05) is 44.7 Å². The van der Waals surface area contributed by atoms with Gasteiger partial charge in [-0.25, -0.2) is 0 Å². The summed E-state index contributed by atoms with van der Waals surface area (Å²) >= 11 is 0. The molecule has 0 saturated carbocycles. The van der Waals surface area contributed by atoms with Crippen molar-refractivity contribution >= 4 is 23.7 Å². The number of allylic oxidation sites excluding steroid dienone is 3. The van der Waals surface area contributed by atoms with Crippen LogP contribution in [0.2, 0.25) is 0 Å². The Morgan fingerprint density at radius 3 is 1.97 bits per heavy atom. The molecule has 0 radical (unpaired) electrons. The molecule has 0 aliphatic carbocycles. The number of hydrogen-bond acceptors (Lipinski definition) is 6. The second-order valence-corrected chi connectivity index (χ2v) is 7.34. The zero-order valence-corrected chi connectivity index (χ0v) is 18.8. The highest BCUT2D eigenvalue weighted by Gasteiger charge is 2.10. The molecule has 6 nitrogen and oxygen atoms in total. The number of aromatic hydroxyl groups is 1. The van der Waals surface area contributed by atoms with Crippen molar-refractivity contribution in [1.29, 1.82) is 0 Å². The van der Waals surface area contributed by atoms with Gasteiger partial charge in [-0.3, -0.25) is 9.59 Å². The highest BCUT2D eigenvalue weighted by atomic mass is 16.5. The fraction of sp³-hybridized carbons (Fsp3) is 0.231. The van der Waals surface area contributed by atoms with Crippen molar-refractivity contribution in [2.24, 2.45) is 5.92 Å². The molecule has 0 bridgehead atoms. The van der Waals surface area contributed by atoms with Crippen LogP contribution in [0, 0.1) is 5.92 Å². The molecule has 2 aromatic carbocycles. The van der Waals surface area contributed by atoms with E-state index in [0.29, 0.717) is 28.6 Å². The van der Waals surface area contributed by atoms with Gasteiger partial charge in [0, 0.05) is 5.92 Å². The monoisotopic (exact) mass is 436 g/mol. The number of rotatable bonds is 11. The first kappa shape index (κ1) is 24.5. The Kier molecular flexibility index (Phi) is 8.83. The molecular weight excluding hydrogens is 408 g/mol. The highest BCUT2D eigenvalue weighted by Crippen LogP contribution is 2.31. The predicted octanol–water partition coefficient (Wildman–Crippen LogP) is 5.21. The molecule has 0 atom stereocenters. The summed E-state index contributed by atoms with van der Waals surface area (Å²) in [6, 6.07) is 9.98. The van der Waals surface area contributed by atoms with Crippen molar-refractivity contribution in [3.8, 4) is 23.0 Å². The van der Waals surface area contributed by atoms with Crippen molar-refractivity contribution < 1.29 is 28.9 Å². The van der Waals surface area contributed by atoms with Crippen LogP contribution in [0.4, 0.5) is 0 Å². The van der Waals surface area contributed by atoms with Gasteiger partial charge in [0.2, 0.25) is 0 Å². The fourth-order valence-electron chi connectivity index (χ4n) is 2.60. The summed E-state index contributed by atoms with van der Waals surface area (Å²) in [5.74, 6) is 1.51. The van der Waals surface area contributed by atoms with Gasteiger partial charge in [0.1, 0.15) is 0 Å². The number of methoxy groups -OCH3 is 2. The lowest BCUT2D eigenvalue weighted by Crippen LogP contribution is -2.02. The third-order valence-electron chi connectivity index (χ3n) is 4.55. The van der Waals surface area contributed by atoms with Gasteiger partial charge in [-0.05, 0) is 47.5 Å². The van der Waals surface area contributed by atoms with Gasteiger partial charge >= 0.3 is 0 Å². The molecule has 6 heteroatoms. The third kappa shape index (κ3) is 7.16. The number of phenols is 1. The normalized spacial score (nSPS) is 11.2. The molecule has 0 amide bonds. The van der Waals surface area contributed by atoms with Crippen LogP contribution in [0.1, 0.15) is 31.4 Å². The Labute approximate surface area is 188 Å². The maximum Gasteiger partial charge on any atom is 0.168 e. The zero-order valence-electron chi connectivity index (χ0n) is 18.8. The van der Waals surface area contributed by atoms with E-state index in [1.54, 1.807) is 42.5 Å². The predicted molar refractivity (Wildman–Crippen MR) is 125 cm³/mol. The molecule has 2 aromatic rings. The van der Waals surface area contributed by atoms with Gasteiger partial charge in [0.25, 0.3) is 0 Å². The van der Waals surface area contributed by atoms with Crippen molar-refractivity contribution in [2.75, 3.05) is 14.2 Å². The molecular formula is C26H28O6. The van der Waals surface area contributed by atoms with Crippen LogP contribution in [0.3, 0.4) is 0 Å². The van der Waals surface area contributed by atoms with Crippen LogP contribution in [-0.4, -0.2) is 30.9 Å². The lowest BCUT2D eigenvalue weighted by molar-refractivity contribution is -0.121. The molecule has 168 valence electrons. The Morgan fingerprint density at radius 2 is 1.44 bits per heavy atom. The smallest absolute Gasteiger partial charge is 0.168 e. The van der Waals surface area contributed by atoms with Gasteiger partial charge < -0.3 is 19.3 Å². The number of carbonyl (C=O) groups excluding carboxylic acids is 2. The van der Waals surface area contributed by atoms with E-state index in [9.17, 15) is 14.7 Å². The lowest BCUT2D eigenvalue weighted by Gasteiger charge is -2.14. The van der Waals surface area contributed by atoms with E-state index < -0.39 is 0 Å². The Bertz CT molecular complexity index is 1050. The highest BCUT2D eigenvalue weighted by molar-refractivity contribution is 6.10. The maximum atomic E-state index is 12.2. The second kappa shape index (κ2) is 11.6. The standard InChI is InChI=1S/C26H28O6/c1-17(2)18(3)32-24-13-9-20(15-26(24)31-5)7-11-22(28)16-21(27)10-6-19-8-12-23(29)25(14-19)30-4/h6-15,17,29H,3,16H2,1-2,4-5H3/b10-6+,11-7+. The molecule has 0 fully saturated rings. The van der Waals surface area contributed by atoms with Gasteiger partial charge in [0.15, 0.2) is 34.6 Å². The number of phenolic OH excluding ortho intramolecular Hbond substituents is 1. The van der Waals surface area contributed by atoms with Gasteiger partial charge in [-0.2, -0.15) is 0 Å². The second-order valence-electron chi connectivity index (χ2n) is 7.34. The maximum absolute atomic E-state index is 12.2. The largest absolute Gasteiger partial charge is 0.504 e. The Morgan fingerprint density at radius 1 is 0.906 bits per heavy atom. The summed E-state index contributed by atoms with van der Waals surface area (Å²) in [6.07, 6.45) is 5.62. The first-order valence-electron chi connectivity index (χ1n) is 10.1. The van der Waals surface area contributed by atoms with Crippen LogP contribution in [0.15, 0.2) is 60.9 Å². The summed E-state index contributed by atoms with van der Waals surface area (Å²) in [7, 11) is 2.98. The first-order valence-corrected chi connectivity index (χ1v) is 10.1. The van der Waals surface area contributed by atoms with E-state index in [1.165, 1.54) is 32.4 Å². The molecule has 32 heavy (non-hydrogen) atoms. The minimum atomic E-state index is -0.333. The molecule has 0 unspecified atom stereocenters. The fourth-order valence-corrected chi connectivity index (χ4v) is 2.60. The number of ether oxygens (including phenoxy) is 3. The summed E-state index contributed by atoms with van der Waals surface area (Å²) in [6.45, 7) is 7.85. The van der Waals surface area contributed by atoms with Gasteiger partial charge in [0.05, 0.1) is 26.4 Å². The summed E-state index contributed by atoms with van der Waals surface area (Å²) in [4.78, 5) is 24.3. The van der Waals surface area contributed by atoms with Crippen LogP contribution in [0.25, 0.3) is 12.2 Å². The van der Waals surface area contributed by atoms with Crippen LogP contribution in [-0.2, 0) is 9.59 Å². The minimum Gasteiger partial charge on any atom is -0.504 e. The summed E-state index contributed by atoms with van der Waals surface area (Å²) < 4.78 is 16.1. The van der Waals surface area contributed by atoms with Crippen molar-refractivity contribution in [3.63, 3.8) is 0 Å². The Hall–Kier alpha value is -3.80. The van der Waals surface area contributed by atoms with E-state index >= 15 is 0 Å². The van der Waals surface area contributed by atoms with Crippen molar-refractivity contribution in [1.82, 2.24) is 0 Å². The number of hydrogen-bond donors (Lipinski definition) is 1. The average Bonchev–Trinajstić information content (AvgIpc) is 2.77. The quantitative estimate of drug-likeness (QED) is 0.296. The van der Waals surface area contributed by atoms with Crippen LogP contribution in [0.5, 0.6) is 23.0 Å². The van der Waals surface area contributed by atoms with E-state index in [4.69, 9.17) is 14.2 Å². The average molecular weight is 437 g/mol. The topological polar surface area (TPSA) is 82.1 Å².